The molecule has 0 bridgehead atoms. The maximum Gasteiger partial charge on any atom is 0.267 e. The molecule has 0 saturated carbocycles. The average Bonchev–Trinajstić information content (AvgIpc) is 3.24. The SMILES string of the molecule is Cc1ccc(C)c(-n2c(=O)c3ccccc3n3c(SCC(=O)N4CCOCC4)nnc23)c1. The highest BCUT2D eigenvalue weighted by Crippen LogP contribution is 2.25. The van der Waals surface area contributed by atoms with Crippen LogP contribution in [0.3, 0.4) is 0 Å². The Hall–Kier alpha value is -3.17. The Kier molecular flexibility index (Phi) is 5.44. The van der Waals surface area contributed by atoms with E-state index in [-0.39, 0.29) is 17.2 Å². The van der Waals surface area contributed by atoms with E-state index < -0.39 is 0 Å². The molecule has 1 aliphatic heterocycles. The van der Waals surface area contributed by atoms with Crippen LogP contribution in [-0.4, -0.2) is 62.0 Å². The Morgan fingerprint density at radius 3 is 2.69 bits per heavy atom. The summed E-state index contributed by atoms with van der Waals surface area (Å²) in [6.07, 6.45) is 0. The molecule has 32 heavy (non-hydrogen) atoms. The van der Waals surface area contributed by atoms with Crippen molar-refractivity contribution in [3.05, 3.63) is 63.9 Å². The van der Waals surface area contributed by atoms with Gasteiger partial charge >= 0.3 is 0 Å². The van der Waals surface area contributed by atoms with Crippen LogP contribution in [0.1, 0.15) is 11.1 Å². The van der Waals surface area contributed by atoms with Crippen LogP contribution in [0.15, 0.2) is 52.4 Å². The molecule has 1 amide bonds. The second-order valence-electron chi connectivity index (χ2n) is 7.85. The molecular weight excluding hydrogens is 426 g/mol. The number of carbonyl (C=O) groups excluding carboxylic acids is 1. The number of benzene rings is 2. The molecule has 0 radical (unpaired) electrons. The lowest BCUT2D eigenvalue weighted by atomic mass is 10.1. The minimum absolute atomic E-state index is 0.0437. The Morgan fingerprint density at radius 1 is 1.09 bits per heavy atom. The molecule has 0 spiro atoms. The third-order valence-corrected chi connectivity index (χ3v) is 6.60. The zero-order chi connectivity index (χ0) is 22.2. The highest BCUT2D eigenvalue weighted by atomic mass is 32.2. The van der Waals surface area contributed by atoms with Crippen LogP contribution >= 0.6 is 11.8 Å². The number of thioether (sulfide) groups is 1. The molecule has 2 aromatic carbocycles. The lowest BCUT2D eigenvalue weighted by Crippen LogP contribution is -2.41. The Balaban J connectivity index is 1.64. The summed E-state index contributed by atoms with van der Waals surface area (Å²) in [5.41, 5.74) is 3.37. The average molecular weight is 450 g/mol. The number of hydrogen-bond donors (Lipinski definition) is 0. The first kappa shape index (κ1) is 20.7. The largest absolute Gasteiger partial charge is 0.378 e. The standard InChI is InChI=1S/C23H23N5O3S/c1-15-7-8-16(2)19(13-15)27-21(30)17-5-3-4-6-18(17)28-22(27)24-25-23(28)32-14-20(29)26-9-11-31-12-10-26/h3-8,13H,9-12,14H2,1-2H3. The number of para-hydroxylation sites is 1. The van der Waals surface area contributed by atoms with Crippen molar-refractivity contribution in [2.75, 3.05) is 32.1 Å². The molecule has 5 rings (SSSR count). The topological polar surface area (TPSA) is 81.7 Å². The minimum Gasteiger partial charge on any atom is -0.378 e. The Morgan fingerprint density at radius 2 is 1.88 bits per heavy atom. The van der Waals surface area contributed by atoms with Gasteiger partial charge in [-0.25, -0.2) is 4.57 Å². The summed E-state index contributed by atoms with van der Waals surface area (Å²) in [5, 5.41) is 9.89. The van der Waals surface area contributed by atoms with Gasteiger partial charge in [0.25, 0.3) is 5.56 Å². The van der Waals surface area contributed by atoms with E-state index in [0.29, 0.717) is 42.6 Å². The molecule has 1 saturated heterocycles. The molecule has 0 atom stereocenters. The molecule has 164 valence electrons. The van der Waals surface area contributed by atoms with Crippen molar-refractivity contribution < 1.29 is 9.53 Å². The monoisotopic (exact) mass is 449 g/mol. The molecule has 0 unspecified atom stereocenters. The van der Waals surface area contributed by atoms with Gasteiger partial charge in [0.05, 0.1) is 35.6 Å². The number of fused-ring (bicyclic) bond motifs is 3. The van der Waals surface area contributed by atoms with E-state index in [9.17, 15) is 9.59 Å². The lowest BCUT2D eigenvalue weighted by Gasteiger charge is -2.26. The molecule has 0 N–H and O–H groups in total. The van der Waals surface area contributed by atoms with Crippen LogP contribution in [-0.2, 0) is 9.53 Å². The van der Waals surface area contributed by atoms with Gasteiger partial charge in [0.2, 0.25) is 11.7 Å². The first-order chi connectivity index (χ1) is 15.5. The second-order valence-corrected chi connectivity index (χ2v) is 8.79. The molecular formula is C23H23N5O3S. The molecule has 9 heteroatoms. The first-order valence-electron chi connectivity index (χ1n) is 10.5. The number of aromatic nitrogens is 4. The normalized spacial score (nSPS) is 14.4. The molecule has 8 nitrogen and oxygen atoms in total. The van der Waals surface area contributed by atoms with E-state index in [4.69, 9.17) is 4.74 Å². The molecule has 0 aliphatic carbocycles. The number of aryl methyl sites for hydroxylation is 2. The van der Waals surface area contributed by atoms with Gasteiger partial charge in [-0.3, -0.25) is 14.0 Å². The van der Waals surface area contributed by atoms with Gasteiger partial charge < -0.3 is 9.64 Å². The van der Waals surface area contributed by atoms with E-state index >= 15 is 0 Å². The first-order valence-corrected chi connectivity index (χ1v) is 11.5. The van der Waals surface area contributed by atoms with Crippen LogP contribution in [0.2, 0.25) is 0 Å². The fraction of sp³-hybridized carbons (Fsp3) is 0.304. The number of hydrogen-bond acceptors (Lipinski definition) is 6. The summed E-state index contributed by atoms with van der Waals surface area (Å²) in [4.78, 5) is 28.0. The van der Waals surface area contributed by atoms with Crippen molar-refractivity contribution in [3.63, 3.8) is 0 Å². The van der Waals surface area contributed by atoms with Gasteiger partial charge in [0.1, 0.15) is 0 Å². The smallest absolute Gasteiger partial charge is 0.267 e. The predicted octanol–water partition coefficient (Wildman–Crippen LogP) is 2.60. The maximum absolute atomic E-state index is 13.5. The number of morpholine rings is 1. The maximum atomic E-state index is 13.5. The third kappa shape index (κ3) is 3.57. The van der Waals surface area contributed by atoms with Crippen molar-refractivity contribution in [2.45, 2.75) is 19.0 Å². The fourth-order valence-electron chi connectivity index (χ4n) is 3.98. The van der Waals surface area contributed by atoms with Gasteiger partial charge in [-0.2, -0.15) is 0 Å². The number of rotatable bonds is 4. The summed E-state index contributed by atoms with van der Waals surface area (Å²) in [5.74, 6) is 0.725. The lowest BCUT2D eigenvalue weighted by molar-refractivity contribution is -0.132. The number of ether oxygens (including phenoxy) is 1. The van der Waals surface area contributed by atoms with Crippen LogP contribution < -0.4 is 5.56 Å². The van der Waals surface area contributed by atoms with Crippen LogP contribution in [0.5, 0.6) is 0 Å². The fourth-order valence-corrected chi connectivity index (χ4v) is 4.82. The molecule has 1 aliphatic rings. The van der Waals surface area contributed by atoms with Gasteiger partial charge in [0, 0.05) is 13.1 Å². The molecule has 2 aromatic heterocycles. The Bertz CT molecular complexity index is 1390. The summed E-state index contributed by atoms with van der Waals surface area (Å²) in [6.45, 7) is 6.31. The predicted molar refractivity (Wildman–Crippen MR) is 124 cm³/mol. The highest BCUT2D eigenvalue weighted by molar-refractivity contribution is 7.99. The number of amides is 1. The molecule has 4 aromatic rings. The molecule has 3 heterocycles. The van der Waals surface area contributed by atoms with Crippen molar-refractivity contribution in [3.8, 4) is 5.69 Å². The van der Waals surface area contributed by atoms with E-state index in [0.717, 1.165) is 22.3 Å². The van der Waals surface area contributed by atoms with Crippen LogP contribution in [0.4, 0.5) is 0 Å². The van der Waals surface area contributed by atoms with Crippen molar-refractivity contribution in [2.24, 2.45) is 0 Å². The van der Waals surface area contributed by atoms with E-state index in [1.165, 1.54) is 11.8 Å². The summed E-state index contributed by atoms with van der Waals surface area (Å²) in [7, 11) is 0. The van der Waals surface area contributed by atoms with Gasteiger partial charge in [-0.1, -0.05) is 36.0 Å². The molecule has 1 fully saturated rings. The summed E-state index contributed by atoms with van der Waals surface area (Å²) < 4.78 is 8.82. The van der Waals surface area contributed by atoms with E-state index in [1.54, 1.807) is 4.57 Å². The van der Waals surface area contributed by atoms with Crippen molar-refractivity contribution in [1.29, 1.82) is 0 Å². The van der Waals surface area contributed by atoms with E-state index in [2.05, 4.69) is 10.2 Å². The van der Waals surface area contributed by atoms with Gasteiger partial charge in [-0.15, -0.1) is 10.2 Å². The Labute approximate surface area is 188 Å². The van der Waals surface area contributed by atoms with E-state index in [1.807, 2.05) is 65.6 Å². The van der Waals surface area contributed by atoms with Gasteiger partial charge in [0.15, 0.2) is 5.16 Å². The second kappa shape index (κ2) is 8.40. The third-order valence-electron chi connectivity index (χ3n) is 5.69. The zero-order valence-electron chi connectivity index (χ0n) is 17.9. The van der Waals surface area contributed by atoms with Crippen molar-refractivity contribution >= 4 is 34.3 Å². The number of carbonyl (C=O) groups is 1. The van der Waals surface area contributed by atoms with Crippen molar-refractivity contribution in [1.82, 2.24) is 24.1 Å². The number of nitrogens with zero attached hydrogens (tertiary/aromatic N) is 5. The summed E-state index contributed by atoms with van der Waals surface area (Å²) in [6, 6.07) is 13.4. The van der Waals surface area contributed by atoms with Gasteiger partial charge in [-0.05, 0) is 43.2 Å². The summed E-state index contributed by atoms with van der Waals surface area (Å²) >= 11 is 1.33. The highest BCUT2D eigenvalue weighted by Gasteiger charge is 2.21. The van der Waals surface area contributed by atoms with Crippen LogP contribution in [0.25, 0.3) is 22.4 Å². The van der Waals surface area contributed by atoms with Crippen LogP contribution in [0, 0.1) is 13.8 Å². The minimum atomic E-state index is -0.143. The quantitative estimate of drug-likeness (QED) is 0.446. The zero-order valence-corrected chi connectivity index (χ0v) is 18.8.